The third kappa shape index (κ3) is 7.10. The molecule has 2 aromatic heterocycles. The largest absolute Gasteiger partial charge is 0.366 e. The van der Waals surface area contributed by atoms with Crippen molar-refractivity contribution in [1.29, 1.82) is 0 Å². The van der Waals surface area contributed by atoms with Crippen LogP contribution in [0.5, 0.6) is 0 Å². The van der Waals surface area contributed by atoms with Gasteiger partial charge in [0.15, 0.2) is 11.6 Å². The van der Waals surface area contributed by atoms with E-state index in [0.29, 0.717) is 0 Å². The van der Waals surface area contributed by atoms with Crippen molar-refractivity contribution in [3.05, 3.63) is 60.7 Å². The molecule has 6 rings (SSSR count). The summed E-state index contributed by atoms with van der Waals surface area (Å²) in [5.74, 6) is 2.11. The van der Waals surface area contributed by atoms with Crippen LogP contribution in [-0.2, 0) is 0 Å². The molecule has 0 aliphatic carbocycles. The molecule has 0 unspecified atom stereocenters. The lowest BCUT2D eigenvalue weighted by Gasteiger charge is -2.38. The normalized spacial score (nSPS) is 17.7. The molecular weight excluding hydrogens is 524 g/mol. The Labute approximate surface area is 248 Å². The molecule has 10 nitrogen and oxygen atoms in total. The molecule has 4 N–H and O–H groups in total. The summed E-state index contributed by atoms with van der Waals surface area (Å²) in [7, 11) is 0. The third-order valence-corrected chi connectivity index (χ3v) is 7.87. The maximum atomic E-state index is 5.74. The van der Waals surface area contributed by atoms with Gasteiger partial charge in [-0.05, 0) is 36.5 Å². The predicted molar refractivity (Wildman–Crippen MR) is 170 cm³/mol. The Kier molecular flexibility index (Phi) is 8.51. The second kappa shape index (κ2) is 12.3. The van der Waals surface area contributed by atoms with E-state index in [-0.39, 0.29) is 22.7 Å². The molecule has 0 radical (unpaired) electrons. The van der Waals surface area contributed by atoms with Crippen LogP contribution in [0.25, 0.3) is 22.5 Å². The van der Waals surface area contributed by atoms with E-state index < -0.39 is 0 Å². The van der Waals surface area contributed by atoms with Crippen molar-refractivity contribution < 1.29 is 0 Å². The lowest BCUT2D eigenvalue weighted by Crippen LogP contribution is -2.41. The zero-order valence-corrected chi connectivity index (χ0v) is 25.2. The van der Waals surface area contributed by atoms with Crippen LogP contribution in [-0.4, -0.2) is 56.5 Å². The Morgan fingerprint density at radius 3 is 1.31 bits per heavy atom. The average molecular weight is 567 g/mol. The first-order valence-electron chi connectivity index (χ1n) is 14.7. The van der Waals surface area contributed by atoms with Crippen LogP contribution in [0.3, 0.4) is 0 Å². The molecule has 2 aliphatic heterocycles. The van der Waals surface area contributed by atoms with Gasteiger partial charge in [0.2, 0.25) is 11.9 Å². The number of hydrogen-bond donors (Lipinski definition) is 2. The van der Waals surface area contributed by atoms with Crippen LogP contribution in [0.2, 0.25) is 0 Å². The van der Waals surface area contributed by atoms with Gasteiger partial charge >= 0.3 is 0 Å². The number of nitrogens with two attached hydrogens (primary N) is 2. The summed E-state index contributed by atoms with van der Waals surface area (Å²) in [6, 6.07) is 20.1. The van der Waals surface area contributed by atoms with E-state index in [9.17, 15) is 0 Å². The van der Waals surface area contributed by atoms with Crippen LogP contribution in [0.4, 0.5) is 23.5 Å². The summed E-state index contributed by atoms with van der Waals surface area (Å²) < 4.78 is 0. The number of piperidine rings is 2. The minimum Gasteiger partial charge on any atom is -0.366 e. The van der Waals surface area contributed by atoms with E-state index in [4.69, 9.17) is 11.5 Å². The molecular formula is C32H42N10. The Morgan fingerprint density at radius 1 is 0.571 bits per heavy atom. The summed E-state index contributed by atoms with van der Waals surface area (Å²) in [5.41, 5.74) is 15.8. The lowest BCUT2D eigenvalue weighted by molar-refractivity contribution is 0.291. The Morgan fingerprint density at radius 2 is 0.952 bits per heavy atom. The number of hydrogen-bond acceptors (Lipinski definition) is 10. The molecule has 2 fully saturated rings. The Hall–Kier alpha value is -4.34. The molecule has 0 saturated carbocycles. The van der Waals surface area contributed by atoms with Gasteiger partial charge in [0.05, 0.1) is 0 Å². The quantitative estimate of drug-likeness (QED) is 0.326. The Balaban J connectivity index is 0.000000168. The van der Waals surface area contributed by atoms with Gasteiger partial charge in [-0.3, -0.25) is 0 Å². The highest BCUT2D eigenvalue weighted by Crippen LogP contribution is 2.36. The SMILES string of the molecule is CC1(C)CCCN(c2nnc(N)nc2-c2ccccc2)C1.CC1(C)CCCN(c2nnc(N)nc2-c2ccccc2)C1. The first kappa shape index (κ1) is 29.2. The predicted octanol–water partition coefficient (Wildman–Crippen LogP) is 5.49. The van der Waals surface area contributed by atoms with Crippen LogP contribution in [0.15, 0.2) is 60.7 Å². The molecule has 10 heteroatoms. The van der Waals surface area contributed by atoms with E-state index in [1.165, 1.54) is 12.8 Å². The van der Waals surface area contributed by atoms with Crippen molar-refractivity contribution >= 4 is 23.5 Å². The van der Waals surface area contributed by atoms with E-state index in [2.05, 4.69) is 67.9 Å². The molecule has 2 saturated heterocycles. The minimum atomic E-state index is 0.217. The maximum Gasteiger partial charge on any atom is 0.240 e. The monoisotopic (exact) mass is 566 g/mol. The van der Waals surface area contributed by atoms with Gasteiger partial charge in [-0.2, -0.15) is 0 Å². The molecule has 4 aromatic rings. The summed E-state index contributed by atoms with van der Waals surface area (Å²) in [6.45, 7) is 13.1. The molecule has 0 spiro atoms. The van der Waals surface area contributed by atoms with Crippen LogP contribution < -0.4 is 21.3 Å². The van der Waals surface area contributed by atoms with Gasteiger partial charge in [-0.25, -0.2) is 9.97 Å². The number of nitrogens with zero attached hydrogens (tertiary/aromatic N) is 8. The van der Waals surface area contributed by atoms with Gasteiger partial charge in [-0.1, -0.05) is 88.4 Å². The maximum absolute atomic E-state index is 5.74. The van der Waals surface area contributed by atoms with E-state index in [0.717, 1.165) is 73.2 Å². The number of nitrogen functional groups attached to an aromatic ring is 2. The highest BCUT2D eigenvalue weighted by molar-refractivity contribution is 5.73. The molecule has 4 heterocycles. The standard InChI is InChI=1S/2C16H21N5/c2*1-16(2)9-6-10-21(11-16)14-13(18-15(17)20-19-14)12-7-4-3-5-8-12/h2*3-5,7-8H,6,9-11H2,1-2H3,(H2,17,18,20). The zero-order chi connectivity index (χ0) is 29.7. The number of aromatic nitrogens is 6. The smallest absolute Gasteiger partial charge is 0.240 e. The molecule has 0 atom stereocenters. The van der Waals surface area contributed by atoms with Gasteiger partial charge in [0.1, 0.15) is 11.4 Å². The fourth-order valence-corrected chi connectivity index (χ4v) is 5.88. The van der Waals surface area contributed by atoms with Gasteiger partial charge < -0.3 is 21.3 Å². The molecule has 2 aromatic carbocycles. The van der Waals surface area contributed by atoms with Gasteiger partial charge in [0, 0.05) is 37.3 Å². The third-order valence-electron chi connectivity index (χ3n) is 7.87. The summed E-state index contributed by atoms with van der Waals surface area (Å²) in [6.07, 6.45) is 4.79. The highest BCUT2D eigenvalue weighted by atomic mass is 15.3. The molecule has 0 bridgehead atoms. The summed E-state index contributed by atoms with van der Waals surface area (Å²) in [5, 5.41) is 16.6. The van der Waals surface area contributed by atoms with E-state index in [1.54, 1.807) is 0 Å². The Bertz CT molecular complexity index is 1360. The van der Waals surface area contributed by atoms with Gasteiger partial charge in [-0.15, -0.1) is 20.4 Å². The summed E-state index contributed by atoms with van der Waals surface area (Å²) in [4.78, 5) is 13.4. The van der Waals surface area contributed by atoms with E-state index in [1.807, 2.05) is 60.7 Å². The van der Waals surface area contributed by atoms with Crippen LogP contribution in [0, 0.1) is 10.8 Å². The van der Waals surface area contributed by atoms with Crippen molar-refractivity contribution in [2.45, 2.75) is 53.4 Å². The molecule has 220 valence electrons. The lowest BCUT2D eigenvalue weighted by atomic mass is 9.84. The van der Waals surface area contributed by atoms with Crippen LogP contribution >= 0.6 is 0 Å². The van der Waals surface area contributed by atoms with Gasteiger partial charge in [0.25, 0.3) is 0 Å². The number of rotatable bonds is 4. The average Bonchev–Trinajstić information content (AvgIpc) is 2.97. The molecule has 2 aliphatic rings. The topological polar surface area (TPSA) is 136 Å². The molecule has 42 heavy (non-hydrogen) atoms. The number of anilines is 4. The first-order valence-corrected chi connectivity index (χ1v) is 14.7. The second-order valence-corrected chi connectivity index (χ2v) is 12.8. The fraction of sp³-hybridized carbons (Fsp3) is 0.438. The second-order valence-electron chi connectivity index (χ2n) is 12.8. The van der Waals surface area contributed by atoms with Crippen molar-refractivity contribution in [3.63, 3.8) is 0 Å². The molecule has 0 amide bonds. The summed E-state index contributed by atoms with van der Waals surface area (Å²) >= 11 is 0. The van der Waals surface area contributed by atoms with Crippen molar-refractivity contribution in [3.8, 4) is 22.5 Å². The van der Waals surface area contributed by atoms with Crippen molar-refractivity contribution in [2.75, 3.05) is 47.4 Å². The van der Waals surface area contributed by atoms with Crippen LogP contribution in [0.1, 0.15) is 53.4 Å². The first-order chi connectivity index (χ1) is 20.1. The van der Waals surface area contributed by atoms with Crippen molar-refractivity contribution in [2.24, 2.45) is 10.8 Å². The fourth-order valence-electron chi connectivity index (χ4n) is 5.88. The van der Waals surface area contributed by atoms with E-state index >= 15 is 0 Å². The van der Waals surface area contributed by atoms with Crippen molar-refractivity contribution in [1.82, 2.24) is 30.4 Å². The minimum absolute atomic E-state index is 0.217. The zero-order valence-electron chi connectivity index (χ0n) is 25.2. The number of benzene rings is 2. The highest BCUT2D eigenvalue weighted by Gasteiger charge is 2.30.